The molecule has 1 atom stereocenters. The molecular weight excluding hydrogens is 184 g/mol. The van der Waals surface area contributed by atoms with Crippen LogP contribution in [-0.4, -0.2) is 12.2 Å². The Hall–Kier alpha value is -0.0400. The third-order valence-corrected chi connectivity index (χ3v) is 5.10. The third-order valence-electron chi connectivity index (χ3n) is 5.10. The third kappa shape index (κ3) is 1.95. The summed E-state index contributed by atoms with van der Waals surface area (Å²) < 4.78 is 6.12. The molecule has 1 saturated carbocycles. The molecule has 2 aliphatic rings. The van der Waals surface area contributed by atoms with Crippen LogP contribution in [0.15, 0.2) is 0 Å². The fraction of sp³-hybridized carbons (Fsp3) is 1.00. The fourth-order valence-electron chi connectivity index (χ4n) is 3.32. The lowest BCUT2D eigenvalue weighted by Gasteiger charge is -2.51. The van der Waals surface area contributed by atoms with Gasteiger partial charge in [-0.15, -0.1) is 0 Å². The second kappa shape index (κ2) is 3.48. The maximum absolute atomic E-state index is 6.12. The molecule has 0 N–H and O–H groups in total. The van der Waals surface area contributed by atoms with Gasteiger partial charge in [-0.1, -0.05) is 40.5 Å². The average molecular weight is 210 g/mol. The Labute approximate surface area is 94.6 Å². The Morgan fingerprint density at radius 3 is 2.13 bits per heavy atom. The minimum Gasteiger partial charge on any atom is -0.375 e. The number of rotatable bonds is 0. The molecule has 0 aromatic rings. The summed E-state index contributed by atoms with van der Waals surface area (Å²) in [6.45, 7) is 10.6. The first kappa shape index (κ1) is 11.4. The second-order valence-corrected chi connectivity index (χ2v) is 6.98. The Kier molecular flexibility index (Phi) is 2.65. The summed E-state index contributed by atoms with van der Waals surface area (Å²) in [4.78, 5) is 0. The number of hydrogen-bond donors (Lipinski definition) is 0. The van der Waals surface area contributed by atoms with E-state index in [1.807, 2.05) is 0 Å². The van der Waals surface area contributed by atoms with Crippen LogP contribution >= 0.6 is 0 Å². The van der Waals surface area contributed by atoms with Crippen LogP contribution in [0.1, 0.15) is 66.2 Å². The van der Waals surface area contributed by atoms with E-state index in [2.05, 4.69) is 27.7 Å². The molecule has 88 valence electrons. The predicted molar refractivity (Wildman–Crippen MR) is 63.9 cm³/mol. The van der Waals surface area contributed by atoms with E-state index in [4.69, 9.17) is 4.74 Å². The van der Waals surface area contributed by atoms with Gasteiger partial charge in [-0.05, 0) is 36.5 Å². The second-order valence-electron chi connectivity index (χ2n) is 6.98. The minimum atomic E-state index is 0.264. The van der Waals surface area contributed by atoms with Gasteiger partial charge in [0.1, 0.15) is 0 Å². The van der Waals surface area contributed by atoms with E-state index in [0.29, 0.717) is 10.8 Å². The van der Waals surface area contributed by atoms with Gasteiger partial charge in [-0.2, -0.15) is 0 Å². The predicted octanol–water partition coefficient (Wildman–Crippen LogP) is 4.16. The molecule has 0 aromatic heterocycles. The molecule has 2 rings (SSSR count). The molecule has 0 aromatic carbocycles. The van der Waals surface area contributed by atoms with E-state index < -0.39 is 0 Å². The standard InChI is InChI=1S/C14H26O/c1-12(2,3)13(4)9-10-15-14(11-13)7-5-6-8-14/h5-11H2,1-4H3. The van der Waals surface area contributed by atoms with Gasteiger partial charge in [-0.25, -0.2) is 0 Å². The minimum absolute atomic E-state index is 0.264. The Morgan fingerprint density at radius 1 is 1.00 bits per heavy atom. The van der Waals surface area contributed by atoms with Crippen molar-refractivity contribution < 1.29 is 4.74 Å². The molecule has 1 unspecified atom stereocenters. The average Bonchev–Trinajstić information content (AvgIpc) is 2.51. The monoisotopic (exact) mass is 210 g/mol. The lowest BCUT2D eigenvalue weighted by atomic mass is 9.60. The SMILES string of the molecule is CC(C)(C)C1(C)CCOC2(CCCC2)C1. The van der Waals surface area contributed by atoms with Gasteiger partial charge < -0.3 is 4.74 Å². The zero-order valence-corrected chi connectivity index (χ0v) is 10.9. The normalized spacial score (nSPS) is 36.0. The highest BCUT2D eigenvalue weighted by Gasteiger charge is 2.49. The molecule has 0 amide bonds. The molecule has 15 heavy (non-hydrogen) atoms. The zero-order valence-electron chi connectivity index (χ0n) is 10.9. The van der Waals surface area contributed by atoms with Crippen LogP contribution in [0.25, 0.3) is 0 Å². The van der Waals surface area contributed by atoms with Crippen molar-refractivity contribution in [3.8, 4) is 0 Å². The topological polar surface area (TPSA) is 9.23 Å². The Balaban J connectivity index is 2.16. The highest BCUT2D eigenvalue weighted by atomic mass is 16.5. The highest BCUT2D eigenvalue weighted by molar-refractivity contribution is 4.99. The molecule has 1 heteroatoms. The van der Waals surface area contributed by atoms with Gasteiger partial charge in [0.05, 0.1) is 5.60 Å². The maximum Gasteiger partial charge on any atom is 0.0688 e. The van der Waals surface area contributed by atoms with Crippen LogP contribution in [0.3, 0.4) is 0 Å². The van der Waals surface area contributed by atoms with E-state index in [-0.39, 0.29) is 5.60 Å². The molecule has 1 heterocycles. The van der Waals surface area contributed by atoms with Crippen molar-refractivity contribution >= 4 is 0 Å². The fourth-order valence-corrected chi connectivity index (χ4v) is 3.32. The Morgan fingerprint density at radius 2 is 1.60 bits per heavy atom. The van der Waals surface area contributed by atoms with Crippen LogP contribution in [0.4, 0.5) is 0 Å². The maximum atomic E-state index is 6.12. The van der Waals surface area contributed by atoms with Crippen molar-refractivity contribution in [2.75, 3.05) is 6.61 Å². The molecule has 1 saturated heterocycles. The first-order valence-corrected chi connectivity index (χ1v) is 6.51. The molecule has 1 aliphatic heterocycles. The number of ether oxygens (including phenoxy) is 1. The highest BCUT2D eigenvalue weighted by Crippen LogP contribution is 2.54. The van der Waals surface area contributed by atoms with Crippen LogP contribution in [0.5, 0.6) is 0 Å². The molecule has 0 radical (unpaired) electrons. The molecule has 1 spiro atoms. The molecule has 0 bridgehead atoms. The quantitative estimate of drug-likeness (QED) is 0.583. The van der Waals surface area contributed by atoms with Crippen LogP contribution in [0.2, 0.25) is 0 Å². The summed E-state index contributed by atoms with van der Waals surface area (Å²) in [7, 11) is 0. The lowest BCUT2D eigenvalue weighted by Crippen LogP contribution is -2.47. The van der Waals surface area contributed by atoms with Gasteiger partial charge >= 0.3 is 0 Å². The Bertz CT molecular complexity index is 232. The summed E-state index contributed by atoms with van der Waals surface area (Å²) >= 11 is 0. The van der Waals surface area contributed by atoms with E-state index in [1.165, 1.54) is 38.5 Å². The molecule has 2 fully saturated rings. The van der Waals surface area contributed by atoms with Crippen molar-refractivity contribution in [2.45, 2.75) is 71.8 Å². The van der Waals surface area contributed by atoms with Gasteiger partial charge in [-0.3, -0.25) is 0 Å². The number of hydrogen-bond acceptors (Lipinski definition) is 1. The summed E-state index contributed by atoms with van der Waals surface area (Å²) in [6.07, 6.45) is 7.87. The molecule has 1 aliphatic carbocycles. The van der Waals surface area contributed by atoms with Gasteiger partial charge in [0.2, 0.25) is 0 Å². The first-order valence-electron chi connectivity index (χ1n) is 6.51. The van der Waals surface area contributed by atoms with Gasteiger partial charge in [0.25, 0.3) is 0 Å². The summed E-state index contributed by atoms with van der Waals surface area (Å²) in [5.74, 6) is 0. The summed E-state index contributed by atoms with van der Waals surface area (Å²) in [5, 5.41) is 0. The molecular formula is C14H26O. The summed E-state index contributed by atoms with van der Waals surface area (Å²) in [5.41, 5.74) is 1.14. The van der Waals surface area contributed by atoms with Crippen molar-refractivity contribution in [3.05, 3.63) is 0 Å². The molecule has 1 nitrogen and oxygen atoms in total. The van der Waals surface area contributed by atoms with Gasteiger partial charge in [0, 0.05) is 6.61 Å². The van der Waals surface area contributed by atoms with E-state index >= 15 is 0 Å². The zero-order chi connectivity index (χ0) is 11.2. The largest absolute Gasteiger partial charge is 0.375 e. The van der Waals surface area contributed by atoms with E-state index in [9.17, 15) is 0 Å². The van der Waals surface area contributed by atoms with Crippen LogP contribution in [0, 0.1) is 10.8 Å². The van der Waals surface area contributed by atoms with E-state index in [0.717, 1.165) is 6.61 Å². The van der Waals surface area contributed by atoms with E-state index in [1.54, 1.807) is 0 Å². The van der Waals surface area contributed by atoms with Crippen molar-refractivity contribution in [1.29, 1.82) is 0 Å². The summed E-state index contributed by atoms with van der Waals surface area (Å²) in [6, 6.07) is 0. The van der Waals surface area contributed by atoms with Gasteiger partial charge in [0.15, 0.2) is 0 Å². The van der Waals surface area contributed by atoms with Crippen LogP contribution < -0.4 is 0 Å². The van der Waals surface area contributed by atoms with Crippen molar-refractivity contribution in [3.63, 3.8) is 0 Å². The smallest absolute Gasteiger partial charge is 0.0688 e. The van der Waals surface area contributed by atoms with Crippen LogP contribution in [-0.2, 0) is 4.74 Å². The lowest BCUT2D eigenvalue weighted by molar-refractivity contribution is -0.145. The van der Waals surface area contributed by atoms with Crippen molar-refractivity contribution in [2.24, 2.45) is 10.8 Å². The first-order chi connectivity index (χ1) is 6.87. The van der Waals surface area contributed by atoms with Crippen molar-refractivity contribution in [1.82, 2.24) is 0 Å².